The predicted octanol–water partition coefficient (Wildman–Crippen LogP) is 1.68. The molecule has 0 spiro atoms. The molecule has 1 amide bonds. The Hall–Kier alpha value is -1.82. The Balaban J connectivity index is 1.80. The average Bonchev–Trinajstić information content (AvgIpc) is 2.48. The van der Waals surface area contributed by atoms with E-state index in [-0.39, 0.29) is 17.8 Å². The number of fused-ring (bicyclic) bond motifs is 1. The molecular formula is C13H16N4O2. The minimum absolute atomic E-state index is 0.0198. The summed E-state index contributed by atoms with van der Waals surface area (Å²) in [5, 5.41) is 2.77. The minimum Gasteiger partial charge on any atom is -0.308 e. The van der Waals surface area contributed by atoms with E-state index < -0.39 is 0 Å². The maximum Gasteiger partial charge on any atom is 0.244 e. The first-order valence-corrected chi connectivity index (χ1v) is 6.64. The van der Waals surface area contributed by atoms with Crippen LogP contribution in [0.25, 0.3) is 0 Å². The number of carbonyl (C=O) groups excluding carboxylic acids is 1. The van der Waals surface area contributed by atoms with Gasteiger partial charge < -0.3 is 4.90 Å². The van der Waals surface area contributed by atoms with Crippen molar-refractivity contribution in [3.05, 3.63) is 23.2 Å². The van der Waals surface area contributed by atoms with Crippen LogP contribution in [0, 0.1) is 4.91 Å². The average molecular weight is 260 g/mol. The first-order valence-electron chi connectivity index (χ1n) is 6.64. The van der Waals surface area contributed by atoms with E-state index in [0.717, 1.165) is 31.6 Å². The highest BCUT2D eigenvalue weighted by molar-refractivity contribution is 5.97. The number of pyridine rings is 1. The minimum atomic E-state index is 0.0198. The third-order valence-electron chi connectivity index (χ3n) is 3.91. The monoisotopic (exact) mass is 260 g/mol. The number of piperazine rings is 1. The molecule has 1 aromatic heterocycles. The summed E-state index contributed by atoms with van der Waals surface area (Å²) in [6.07, 6.45) is 4.79. The Bertz CT molecular complexity index is 488. The fourth-order valence-electron chi connectivity index (χ4n) is 2.91. The van der Waals surface area contributed by atoms with Gasteiger partial charge in [0.1, 0.15) is 0 Å². The molecule has 2 aliphatic heterocycles. The number of rotatable bonds is 2. The summed E-state index contributed by atoms with van der Waals surface area (Å²) >= 11 is 0. The molecule has 3 rings (SSSR count). The van der Waals surface area contributed by atoms with E-state index in [1.54, 1.807) is 23.2 Å². The quantitative estimate of drug-likeness (QED) is 0.759. The first kappa shape index (κ1) is 12.2. The van der Waals surface area contributed by atoms with Crippen molar-refractivity contribution in [2.24, 2.45) is 5.18 Å². The van der Waals surface area contributed by atoms with Crippen molar-refractivity contribution >= 4 is 17.4 Å². The summed E-state index contributed by atoms with van der Waals surface area (Å²) in [7, 11) is 0. The van der Waals surface area contributed by atoms with E-state index in [9.17, 15) is 9.70 Å². The fourth-order valence-corrected chi connectivity index (χ4v) is 2.91. The number of amides is 1. The Labute approximate surface area is 111 Å². The van der Waals surface area contributed by atoms with E-state index in [1.807, 2.05) is 0 Å². The molecule has 2 saturated heterocycles. The molecule has 0 radical (unpaired) electrons. The molecule has 0 N–H and O–H groups in total. The Morgan fingerprint density at radius 2 is 2.11 bits per heavy atom. The summed E-state index contributed by atoms with van der Waals surface area (Å²) in [5.74, 6) is 0.298. The summed E-state index contributed by atoms with van der Waals surface area (Å²) in [6.45, 7) is 2.62. The smallest absolute Gasteiger partial charge is 0.244 e. The van der Waals surface area contributed by atoms with Crippen molar-refractivity contribution in [3.8, 4) is 0 Å². The highest BCUT2D eigenvalue weighted by Gasteiger charge is 2.36. The van der Waals surface area contributed by atoms with Crippen LogP contribution in [-0.4, -0.2) is 41.5 Å². The van der Waals surface area contributed by atoms with Crippen LogP contribution in [0.5, 0.6) is 0 Å². The highest BCUT2D eigenvalue weighted by Crippen LogP contribution is 2.26. The molecular weight excluding hydrogens is 244 g/mol. The number of nitrogens with zero attached hydrogens (tertiary/aromatic N) is 4. The Morgan fingerprint density at radius 1 is 1.21 bits per heavy atom. The van der Waals surface area contributed by atoms with E-state index in [0.29, 0.717) is 6.54 Å². The van der Waals surface area contributed by atoms with Crippen LogP contribution in [0.2, 0.25) is 0 Å². The molecule has 6 nitrogen and oxygen atoms in total. The Kier molecular flexibility index (Phi) is 3.25. The molecule has 1 atom stereocenters. The van der Waals surface area contributed by atoms with Crippen molar-refractivity contribution in [3.63, 3.8) is 0 Å². The maximum atomic E-state index is 12.5. The summed E-state index contributed by atoms with van der Waals surface area (Å²) in [5.41, 5.74) is 0.752. The Morgan fingerprint density at radius 3 is 2.84 bits per heavy atom. The van der Waals surface area contributed by atoms with Gasteiger partial charge in [0, 0.05) is 13.1 Å². The van der Waals surface area contributed by atoms with E-state index in [4.69, 9.17) is 0 Å². The zero-order valence-electron chi connectivity index (χ0n) is 10.7. The molecule has 19 heavy (non-hydrogen) atoms. The molecule has 100 valence electrons. The second-order valence-corrected chi connectivity index (χ2v) is 5.00. The van der Waals surface area contributed by atoms with Gasteiger partial charge in [0.05, 0.1) is 17.9 Å². The lowest BCUT2D eigenvalue weighted by Gasteiger charge is -2.42. The lowest BCUT2D eigenvalue weighted by Crippen LogP contribution is -2.58. The molecule has 1 aromatic rings. The molecule has 3 heterocycles. The second kappa shape index (κ2) is 5.05. The maximum absolute atomic E-state index is 12.5. The number of anilines is 1. The van der Waals surface area contributed by atoms with E-state index in [1.165, 1.54) is 6.42 Å². The van der Waals surface area contributed by atoms with Gasteiger partial charge in [-0.25, -0.2) is 4.98 Å². The zero-order valence-corrected chi connectivity index (χ0v) is 10.7. The highest BCUT2D eigenvalue weighted by atomic mass is 16.3. The second-order valence-electron chi connectivity index (χ2n) is 5.00. The van der Waals surface area contributed by atoms with Gasteiger partial charge in [-0.2, -0.15) is 0 Å². The van der Waals surface area contributed by atoms with Crippen LogP contribution < -0.4 is 4.90 Å². The van der Waals surface area contributed by atoms with E-state index >= 15 is 0 Å². The van der Waals surface area contributed by atoms with Gasteiger partial charge in [-0.3, -0.25) is 9.69 Å². The summed E-state index contributed by atoms with van der Waals surface area (Å²) < 4.78 is 0. The number of piperidine rings is 1. The largest absolute Gasteiger partial charge is 0.308 e. The van der Waals surface area contributed by atoms with Crippen LogP contribution in [-0.2, 0) is 4.79 Å². The number of hydrogen-bond acceptors (Lipinski definition) is 5. The molecule has 0 aliphatic carbocycles. The molecule has 0 saturated carbocycles. The van der Waals surface area contributed by atoms with E-state index in [2.05, 4.69) is 15.1 Å². The number of nitroso groups, excluding NO2 is 1. The van der Waals surface area contributed by atoms with Crippen molar-refractivity contribution in [1.29, 1.82) is 0 Å². The van der Waals surface area contributed by atoms with Crippen molar-refractivity contribution in [2.45, 2.75) is 25.3 Å². The predicted molar refractivity (Wildman–Crippen MR) is 71.3 cm³/mol. The van der Waals surface area contributed by atoms with Gasteiger partial charge in [-0.1, -0.05) is 6.42 Å². The molecule has 0 bridgehead atoms. The van der Waals surface area contributed by atoms with Crippen molar-refractivity contribution in [1.82, 2.24) is 9.88 Å². The summed E-state index contributed by atoms with van der Waals surface area (Å²) in [4.78, 5) is 30.8. The van der Waals surface area contributed by atoms with Crippen LogP contribution in [0.15, 0.2) is 23.5 Å². The molecule has 0 aromatic carbocycles. The van der Waals surface area contributed by atoms with Gasteiger partial charge >= 0.3 is 0 Å². The van der Waals surface area contributed by atoms with Gasteiger partial charge in [0.2, 0.25) is 5.91 Å². The first-order chi connectivity index (χ1) is 9.29. The number of aromatic nitrogens is 1. The SMILES string of the molecule is O=Nc1ccc(N2CCN3CCCCC3C2=O)cn1. The van der Waals surface area contributed by atoms with Gasteiger partial charge in [0.15, 0.2) is 5.82 Å². The van der Waals surface area contributed by atoms with Crippen LogP contribution in [0.4, 0.5) is 11.5 Å². The van der Waals surface area contributed by atoms with Crippen molar-refractivity contribution < 1.29 is 4.79 Å². The molecule has 1 unspecified atom stereocenters. The molecule has 2 aliphatic rings. The zero-order chi connectivity index (χ0) is 13.2. The third-order valence-corrected chi connectivity index (χ3v) is 3.91. The van der Waals surface area contributed by atoms with Crippen LogP contribution in [0.1, 0.15) is 19.3 Å². The van der Waals surface area contributed by atoms with Crippen molar-refractivity contribution in [2.75, 3.05) is 24.5 Å². The lowest BCUT2D eigenvalue weighted by atomic mass is 9.98. The van der Waals surface area contributed by atoms with Crippen LogP contribution in [0.3, 0.4) is 0 Å². The fraction of sp³-hybridized carbons (Fsp3) is 0.538. The number of carbonyl (C=O) groups is 1. The van der Waals surface area contributed by atoms with Gasteiger partial charge in [-0.15, -0.1) is 4.91 Å². The standard InChI is InChI=1S/C13H16N4O2/c18-13-11-3-1-2-6-16(11)7-8-17(13)10-4-5-12(15-19)14-9-10/h4-5,9,11H,1-3,6-8H2. The third kappa shape index (κ3) is 2.23. The number of hydrogen-bond donors (Lipinski definition) is 0. The normalized spacial score (nSPS) is 24.1. The van der Waals surface area contributed by atoms with Crippen LogP contribution >= 0.6 is 0 Å². The topological polar surface area (TPSA) is 65.9 Å². The molecule has 2 fully saturated rings. The summed E-state index contributed by atoms with van der Waals surface area (Å²) in [6, 6.07) is 3.30. The van der Waals surface area contributed by atoms with Gasteiger partial charge in [-0.05, 0) is 36.7 Å². The van der Waals surface area contributed by atoms with Gasteiger partial charge in [0.25, 0.3) is 0 Å². The lowest BCUT2D eigenvalue weighted by molar-refractivity contribution is -0.127. The molecule has 6 heteroatoms.